The minimum atomic E-state index is 0. The first-order valence-corrected chi connectivity index (χ1v) is 11.2. The van der Waals surface area contributed by atoms with Crippen LogP contribution < -0.4 is 10.6 Å². The second-order valence-electron chi connectivity index (χ2n) is 8.38. The van der Waals surface area contributed by atoms with Crippen molar-refractivity contribution in [2.45, 2.75) is 45.4 Å². The molecule has 1 aliphatic heterocycles. The third-order valence-corrected chi connectivity index (χ3v) is 5.53. The molecule has 3 rings (SSSR count). The summed E-state index contributed by atoms with van der Waals surface area (Å²) in [5.74, 6) is 0.929. The largest absolute Gasteiger partial charge is 0.357 e. The highest BCUT2D eigenvalue weighted by Crippen LogP contribution is 2.15. The van der Waals surface area contributed by atoms with Crippen LogP contribution in [0.5, 0.6) is 0 Å². The zero-order valence-corrected chi connectivity index (χ0v) is 21.5. The molecule has 1 aliphatic rings. The number of likely N-dealkylation sites (tertiary alicyclic amines) is 1. The molecule has 0 aliphatic carbocycles. The molecule has 1 saturated heterocycles. The van der Waals surface area contributed by atoms with Crippen molar-refractivity contribution < 1.29 is 0 Å². The van der Waals surface area contributed by atoms with Gasteiger partial charge in [-0.05, 0) is 50.6 Å². The zero-order chi connectivity index (χ0) is 21.2. The highest BCUT2D eigenvalue weighted by molar-refractivity contribution is 14.0. The summed E-state index contributed by atoms with van der Waals surface area (Å²) in [7, 11) is 4.21. The lowest BCUT2D eigenvalue weighted by Gasteiger charge is -2.33. The van der Waals surface area contributed by atoms with E-state index in [0.717, 1.165) is 51.5 Å². The van der Waals surface area contributed by atoms with Crippen molar-refractivity contribution >= 4 is 29.9 Å². The predicted octanol–water partition coefficient (Wildman–Crippen LogP) is 4.09. The summed E-state index contributed by atoms with van der Waals surface area (Å²) < 4.78 is 0. The lowest BCUT2D eigenvalue weighted by atomic mass is 10.0. The van der Waals surface area contributed by atoms with E-state index >= 15 is 0 Å². The molecule has 2 N–H and O–H groups in total. The summed E-state index contributed by atoms with van der Waals surface area (Å²) in [5, 5.41) is 7.10. The van der Waals surface area contributed by atoms with Crippen LogP contribution in [0.15, 0.2) is 59.6 Å². The average Bonchev–Trinajstić information content (AvgIpc) is 2.75. The predicted molar refractivity (Wildman–Crippen MR) is 142 cm³/mol. The lowest BCUT2D eigenvalue weighted by Crippen LogP contribution is -2.48. The van der Waals surface area contributed by atoms with Crippen LogP contribution in [0.4, 0.5) is 0 Å². The van der Waals surface area contributed by atoms with Gasteiger partial charge in [0, 0.05) is 38.8 Å². The molecule has 1 heterocycles. The maximum atomic E-state index is 4.89. The van der Waals surface area contributed by atoms with Crippen molar-refractivity contribution in [2.24, 2.45) is 4.99 Å². The van der Waals surface area contributed by atoms with Gasteiger partial charge in [0.1, 0.15) is 0 Å². The highest BCUT2D eigenvalue weighted by atomic mass is 127. The first kappa shape index (κ1) is 25.6. The van der Waals surface area contributed by atoms with E-state index in [1.165, 1.54) is 16.7 Å². The van der Waals surface area contributed by atoms with Gasteiger partial charge in [0.25, 0.3) is 0 Å². The smallest absolute Gasteiger partial charge is 0.191 e. The molecule has 0 amide bonds. The Bertz CT molecular complexity index is 786. The molecule has 0 saturated carbocycles. The third kappa shape index (κ3) is 8.79. The van der Waals surface area contributed by atoms with Crippen molar-refractivity contribution in [3.8, 4) is 0 Å². The lowest BCUT2D eigenvalue weighted by molar-refractivity contribution is 0.198. The van der Waals surface area contributed by atoms with E-state index in [0.29, 0.717) is 12.6 Å². The first-order chi connectivity index (χ1) is 14.6. The van der Waals surface area contributed by atoms with Gasteiger partial charge in [-0.25, -0.2) is 4.99 Å². The standard InChI is InChI=1S/C25H37N5.HI/c1-4-26-25(27-18-22-12-8-9-13-23(22)20-29(2)3)28-24-14-16-30(17-15-24)19-21-10-6-5-7-11-21;/h5-13,24H,4,14-20H2,1-3H3,(H2,26,27,28);1H. The summed E-state index contributed by atoms with van der Waals surface area (Å²) in [6, 6.07) is 19.8. The van der Waals surface area contributed by atoms with Gasteiger partial charge in [-0.3, -0.25) is 4.90 Å². The van der Waals surface area contributed by atoms with E-state index in [9.17, 15) is 0 Å². The van der Waals surface area contributed by atoms with Crippen molar-refractivity contribution in [3.63, 3.8) is 0 Å². The Kier molecular flexibility index (Phi) is 11.3. The minimum Gasteiger partial charge on any atom is -0.357 e. The number of rotatable bonds is 8. The highest BCUT2D eigenvalue weighted by Gasteiger charge is 2.20. The second kappa shape index (κ2) is 13.7. The Morgan fingerprint density at radius 3 is 2.29 bits per heavy atom. The van der Waals surface area contributed by atoms with E-state index in [1.54, 1.807) is 0 Å². The number of aliphatic imine (C=N–C) groups is 1. The number of halogens is 1. The summed E-state index contributed by atoms with van der Waals surface area (Å²) in [4.78, 5) is 9.65. The molecule has 2 aromatic carbocycles. The summed E-state index contributed by atoms with van der Waals surface area (Å²) in [6.45, 7) is 7.93. The van der Waals surface area contributed by atoms with Crippen LogP contribution in [-0.4, -0.2) is 55.5 Å². The summed E-state index contributed by atoms with van der Waals surface area (Å²) in [5.41, 5.74) is 4.03. The summed E-state index contributed by atoms with van der Waals surface area (Å²) >= 11 is 0. The molecule has 2 aromatic rings. The van der Waals surface area contributed by atoms with Gasteiger partial charge < -0.3 is 15.5 Å². The molecule has 0 unspecified atom stereocenters. The summed E-state index contributed by atoms with van der Waals surface area (Å²) in [6.07, 6.45) is 2.29. The van der Waals surface area contributed by atoms with E-state index in [2.05, 4.69) is 96.0 Å². The molecule has 6 heteroatoms. The Balaban J connectivity index is 0.00000341. The molecule has 170 valence electrons. The van der Waals surface area contributed by atoms with Gasteiger partial charge in [-0.1, -0.05) is 54.6 Å². The average molecular weight is 536 g/mol. The fourth-order valence-corrected chi connectivity index (χ4v) is 3.96. The first-order valence-electron chi connectivity index (χ1n) is 11.2. The molecular weight excluding hydrogens is 497 g/mol. The normalized spacial score (nSPS) is 15.5. The maximum Gasteiger partial charge on any atom is 0.191 e. The quantitative estimate of drug-likeness (QED) is 0.304. The van der Waals surface area contributed by atoms with Gasteiger partial charge in [0.05, 0.1) is 6.54 Å². The molecule has 0 atom stereocenters. The van der Waals surface area contributed by atoms with Gasteiger partial charge in [-0.2, -0.15) is 0 Å². The van der Waals surface area contributed by atoms with Crippen LogP contribution in [0.3, 0.4) is 0 Å². The van der Waals surface area contributed by atoms with Crippen LogP contribution in [0.2, 0.25) is 0 Å². The molecule has 31 heavy (non-hydrogen) atoms. The number of nitrogens with one attached hydrogen (secondary N) is 2. The molecule has 0 bridgehead atoms. The van der Waals surface area contributed by atoms with Crippen molar-refractivity contribution in [3.05, 3.63) is 71.3 Å². The van der Waals surface area contributed by atoms with E-state index in [4.69, 9.17) is 4.99 Å². The van der Waals surface area contributed by atoms with Crippen LogP contribution in [0.1, 0.15) is 36.5 Å². The number of nitrogens with zero attached hydrogens (tertiary/aromatic N) is 3. The number of hydrogen-bond donors (Lipinski definition) is 2. The van der Waals surface area contributed by atoms with Gasteiger partial charge in [0.2, 0.25) is 0 Å². The van der Waals surface area contributed by atoms with Gasteiger partial charge >= 0.3 is 0 Å². The van der Waals surface area contributed by atoms with Crippen LogP contribution in [0.25, 0.3) is 0 Å². The Morgan fingerprint density at radius 1 is 1.00 bits per heavy atom. The fourth-order valence-electron chi connectivity index (χ4n) is 3.96. The van der Waals surface area contributed by atoms with Crippen LogP contribution >= 0.6 is 24.0 Å². The molecule has 0 spiro atoms. The maximum absolute atomic E-state index is 4.89. The van der Waals surface area contributed by atoms with Crippen LogP contribution in [0, 0.1) is 0 Å². The Labute approximate surface area is 205 Å². The molecular formula is C25H38IN5. The second-order valence-corrected chi connectivity index (χ2v) is 8.38. The van der Waals surface area contributed by atoms with Crippen LogP contribution in [-0.2, 0) is 19.6 Å². The van der Waals surface area contributed by atoms with Gasteiger partial charge in [0.15, 0.2) is 5.96 Å². The molecule has 0 aromatic heterocycles. The molecule has 1 fully saturated rings. The minimum absolute atomic E-state index is 0. The van der Waals surface area contributed by atoms with Gasteiger partial charge in [-0.15, -0.1) is 24.0 Å². The van der Waals surface area contributed by atoms with Crippen molar-refractivity contribution in [1.29, 1.82) is 0 Å². The third-order valence-electron chi connectivity index (χ3n) is 5.53. The van der Waals surface area contributed by atoms with Crippen molar-refractivity contribution in [1.82, 2.24) is 20.4 Å². The molecule has 5 nitrogen and oxygen atoms in total. The number of piperidine rings is 1. The number of benzene rings is 2. The van der Waals surface area contributed by atoms with E-state index < -0.39 is 0 Å². The Morgan fingerprint density at radius 2 is 1.65 bits per heavy atom. The van der Waals surface area contributed by atoms with E-state index in [1.807, 2.05) is 0 Å². The van der Waals surface area contributed by atoms with E-state index in [-0.39, 0.29) is 24.0 Å². The number of guanidine groups is 1. The molecule has 0 radical (unpaired) electrons. The topological polar surface area (TPSA) is 42.9 Å². The SMILES string of the molecule is CCNC(=NCc1ccccc1CN(C)C)NC1CCN(Cc2ccccc2)CC1.I. The zero-order valence-electron chi connectivity index (χ0n) is 19.2. The monoisotopic (exact) mass is 535 g/mol. The Hall–Kier alpha value is -1.64. The fraction of sp³-hybridized carbons (Fsp3) is 0.480. The van der Waals surface area contributed by atoms with Crippen molar-refractivity contribution in [2.75, 3.05) is 33.7 Å². The number of hydrogen-bond acceptors (Lipinski definition) is 3.